The summed E-state index contributed by atoms with van der Waals surface area (Å²) in [5, 5.41) is 0. The van der Waals surface area contributed by atoms with Gasteiger partial charge in [0, 0.05) is 0 Å². The lowest BCUT2D eigenvalue weighted by atomic mass is 9.80. The number of hydrogen-bond donors (Lipinski definition) is 0. The van der Waals surface area contributed by atoms with Crippen molar-refractivity contribution in [2.75, 3.05) is 0 Å². The highest BCUT2D eigenvalue weighted by Gasteiger charge is 2.20. The molecular formula is C41H35. The van der Waals surface area contributed by atoms with Crippen molar-refractivity contribution in [2.45, 2.75) is 32.1 Å². The first kappa shape index (κ1) is 26.5. The lowest BCUT2D eigenvalue weighted by Crippen LogP contribution is -2.12. The van der Waals surface area contributed by atoms with E-state index >= 15 is 0 Å². The first-order valence-corrected chi connectivity index (χ1v) is 14.6. The average molecular weight is 528 g/mol. The molecule has 6 rings (SSSR count). The van der Waals surface area contributed by atoms with Crippen LogP contribution in [-0.2, 0) is 32.1 Å². The summed E-state index contributed by atoms with van der Waals surface area (Å²) >= 11 is 0. The topological polar surface area (TPSA) is 0 Å². The minimum absolute atomic E-state index is 0.873. The van der Waals surface area contributed by atoms with E-state index in [9.17, 15) is 0 Å². The van der Waals surface area contributed by atoms with Crippen molar-refractivity contribution < 1.29 is 0 Å². The van der Waals surface area contributed by atoms with Gasteiger partial charge >= 0.3 is 0 Å². The van der Waals surface area contributed by atoms with Crippen molar-refractivity contribution in [1.29, 1.82) is 0 Å². The van der Waals surface area contributed by atoms with Crippen LogP contribution in [0.1, 0.15) is 55.6 Å². The second kappa shape index (κ2) is 13.1. The summed E-state index contributed by atoms with van der Waals surface area (Å²) in [5.41, 5.74) is 13.6. The molecule has 0 aliphatic rings. The van der Waals surface area contributed by atoms with Gasteiger partial charge in [0.1, 0.15) is 0 Å². The summed E-state index contributed by atoms with van der Waals surface area (Å²) < 4.78 is 0. The van der Waals surface area contributed by atoms with Gasteiger partial charge in [-0.05, 0) is 93.8 Å². The molecule has 0 spiro atoms. The summed E-state index contributed by atoms with van der Waals surface area (Å²) in [6.45, 7) is 0. The fourth-order valence-electron chi connectivity index (χ4n) is 5.82. The summed E-state index contributed by atoms with van der Waals surface area (Å²) in [4.78, 5) is 0. The maximum Gasteiger partial charge on any atom is -0.00165 e. The Morgan fingerprint density at radius 1 is 0.268 bits per heavy atom. The molecular weight excluding hydrogens is 492 g/mol. The second-order valence-electron chi connectivity index (χ2n) is 10.8. The van der Waals surface area contributed by atoms with Crippen molar-refractivity contribution in [1.82, 2.24) is 0 Å². The molecule has 0 bridgehead atoms. The van der Waals surface area contributed by atoms with Gasteiger partial charge in [-0.2, -0.15) is 0 Å². The molecule has 0 unspecified atom stereocenters. The van der Waals surface area contributed by atoms with Crippen LogP contribution in [-0.4, -0.2) is 0 Å². The smallest absolute Gasteiger partial charge is 0.00165 e. The SMILES string of the molecule is [c]1c(Cc2ccccc2)c(Cc2ccccc2)c(Cc2ccccc2)c(Cc2ccccc2)c1Cc1ccccc1. The Labute approximate surface area is 245 Å². The third-order valence-electron chi connectivity index (χ3n) is 7.88. The zero-order chi connectivity index (χ0) is 27.7. The molecule has 6 aromatic carbocycles. The first-order chi connectivity index (χ1) is 20.3. The van der Waals surface area contributed by atoms with Gasteiger partial charge in [0.15, 0.2) is 0 Å². The largest absolute Gasteiger partial charge is 0.0622 e. The Bertz CT molecular complexity index is 1550. The Morgan fingerprint density at radius 2 is 0.512 bits per heavy atom. The van der Waals surface area contributed by atoms with Gasteiger partial charge in [0.2, 0.25) is 0 Å². The summed E-state index contributed by atoms with van der Waals surface area (Å²) in [6, 6.07) is 58.6. The molecule has 0 saturated heterocycles. The van der Waals surface area contributed by atoms with Crippen LogP contribution in [0.15, 0.2) is 152 Å². The maximum absolute atomic E-state index is 4.05. The molecule has 41 heavy (non-hydrogen) atoms. The van der Waals surface area contributed by atoms with E-state index in [1.165, 1.54) is 55.6 Å². The number of hydrogen-bond acceptors (Lipinski definition) is 0. The van der Waals surface area contributed by atoms with Gasteiger partial charge in [-0.15, -0.1) is 0 Å². The highest BCUT2D eigenvalue weighted by atomic mass is 14.2. The van der Waals surface area contributed by atoms with Gasteiger partial charge in [0.05, 0.1) is 0 Å². The molecule has 0 nitrogen and oxygen atoms in total. The zero-order valence-electron chi connectivity index (χ0n) is 23.5. The lowest BCUT2D eigenvalue weighted by Gasteiger charge is -2.24. The monoisotopic (exact) mass is 527 g/mol. The van der Waals surface area contributed by atoms with Crippen LogP contribution in [0.25, 0.3) is 0 Å². The molecule has 0 aliphatic carbocycles. The molecule has 6 aromatic rings. The predicted molar refractivity (Wildman–Crippen MR) is 172 cm³/mol. The fourth-order valence-corrected chi connectivity index (χ4v) is 5.82. The standard InChI is InChI=1S/C41H35/c1-6-16-32(17-7-1)26-37-31-38(27-33-18-8-2-9-19-33)40(29-35-22-12-4-13-23-35)41(30-36-24-14-5-15-25-36)39(37)28-34-20-10-3-11-21-34/h1-25H,26-30H2. The molecule has 0 N–H and O–H groups in total. The van der Waals surface area contributed by atoms with E-state index in [1.54, 1.807) is 0 Å². The van der Waals surface area contributed by atoms with E-state index in [4.69, 9.17) is 0 Å². The van der Waals surface area contributed by atoms with Crippen LogP contribution in [0.4, 0.5) is 0 Å². The van der Waals surface area contributed by atoms with E-state index in [1.807, 2.05) is 0 Å². The van der Waals surface area contributed by atoms with E-state index in [0.717, 1.165) is 32.1 Å². The predicted octanol–water partition coefficient (Wildman–Crippen LogP) is 9.44. The Balaban J connectivity index is 1.58. The Morgan fingerprint density at radius 3 is 0.805 bits per heavy atom. The first-order valence-electron chi connectivity index (χ1n) is 14.6. The fraction of sp³-hybridized carbons (Fsp3) is 0.122. The lowest BCUT2D eigenvalue weighted by molar-refractivity contribution is 0.961. The highest BCUT2D eigenvalue weighted by Crippen LogP contribution is 2.32. The third-order valence-corrected chi connectivity index (χ3v) is 7.88. The van der Waals surface area contributed by atoms with Crippen molar-refractivity contribution in [3.8, 4) is 0 Å². The summed E-state index contributed by atoms with van der Waals surface area (Å²) in [7, 11) is 0. The van der Waals surface area contributed by atoms with Crippen LogP contribution in [0.5, 0.6) is 0 Å². The van der Waals surface area contributed by atoms with Gasteiger partial charge in [-0.3, -0.25) is 0 Å². The van der Waals surface area contributed by atoms with Crippen LogP contribution >= 0.6 is 0 Å². The molecule has 0 aromatic heterocycles. The molecule has 1 radical (unpaired) electrons. The van der Waals surface area contributed by atoms with Crippen molar-refractivity contribution >= 4 is 0 Å². The van der Waals surface area contributed by atoms with E-state index in [-0.39, 0.29) is 0 Å². The van der Waals surface area contributed by atoms with Crippen LogP contribution in [0, 0.1) is 6.07 Å². The zero-order valence-corrected chi connectivity index (χ0v) is 23.5. The Kier molecular flexibility index (Phi) is 8.49. The normalized spacial score (nSPS) is 10.9. The molecule has 0 amide bonds. The molecule has 0 atom stereocenters. The van der Waals surface area contributed by atoms with Gasteiger partial charge in [-0.25, -0.2) is 0 Å². The van der Waals surface area contributed by atoms with E-state index in [0.29, 0.717) is 0 Å². The third kappa shape index (κ3) is 6.91. The maximum atomic E-state index is 4.05. The molecule has 199 valence electrons. The molecule has 0 heteroatoms. The minimum Gasteiger partial charge on any atom is -0.0622 e. The van der Waals surface area contributed by atoms with Crippen molar-refractivity contribution in [3.05, 3.63) is 213 Å². The van der Waals surface area contributed by atoms with Gasteiger partial charge in [0.25, 0.3) is 0 Å². The van der Waals surface area contributed by atoms with Crippen LogP contribution < -0.4 is 0 Å². The second-order valence-corrected chi connectivity index (χ2v) is 10.8. The van der Waals surface area contributed by atoms with Crippen LogP contribution in [0.2, 0.25) is 0 Å². The molecule has 0 aliphatic heterocycles. The molecule has 0 heterocycles. The van der Waals surface area contributed by atoms with E-state index < -0.39 is 0 Å². The van der Waals surface area contributed by atoms with Gasteiger partial charge < -0.3 is 0 Å². The quantitative estimate of drug-likeness (QED) is 0.166. The van der Waals surface area contributed by atoms with Crippen molar-refractivity contribution in [2.24, 2.45) is 0 Å². The average Bonchev–Trinajstić information content (AvgIpc) is 3.03. The molecule has 0 saturated carbocycles. The minimum atomic E-state index is 0.873. The summed E-state index contributed by atoms with van der Waals surface area (Å²) in [6.07, 6.45) is 4.45. The summed E-state index contributed by atoms with van der Waals surface area (Å²) in [5.74, 6) is 0. The molecule has 0 fully saturated rings. The Hall–Kier alpha value is -4.68. The number of benzene rings is 6. The number of rotatable bonds is 10. The van der Waals surface area contributed by atoms with Crippen molar-refractivity contribution in [3.63, 3.8) is 0 Å². The highest BCUT2D eigenvalue weighted by molar-refractivity contribution is 5.53. The van der Waals surface area contributed by atoms with E-state index in [2.05, 4.69) is 158 Å². The van der Waals surface area contributed by atoms with Crippen LogP contribution in [0.3, 0.4) is 0 Å². The van der Waals surface area contributed by atoms with Gasteiger partial charge in [-0.1, -0.05) is 152 Å².